The predicted octanol–water partition coefficient (Wildman–Crippen LogP) is -4.74. The van der Waals surface area contributed by atoms with Crippen molar-refractivity contribution in [2.75, 3.05) is 0 Å². The van der Waals surface area contributed by atoms with Crippen LogP contribution in [-0.2, 0) is 4.79 Å². The Bertz CT molecular complexity index is 84.0. The molecule has 0 atom stereocenters. The second-order valence-corrected chi connectivity index (χ2v) is 0.399. The molecule has 6 heavy (non-hydrogen) atoms. The summed E-state index contributed by atoms with van der Waals surface area (Å²) >= 11 is 0. The van der Waals surface area contributed by atoms with Gasteiger partial charge in [-0.15, -0.1) is 0 Å². The van der Waals surface area contributed by atoms with Crippen LogP contribution in [0.3, 0.4) is 0 Å². The van der Waals surface area contributed by atoms with Gasteiger partial charge in [-0.2, -0.15) is 5.26 Å². The number of nitriles is 1. The van der Waals surface area contributed by atoms with Crippen molar-refractivity contribution in [2.24, 2.45) is 0 Å². The Hall–Kier alpha value is -0.0400. The molecule has 0 bridgehead atoms. The maximum atomic E-state index is 8.90. The number of hydrogen-bond acceptors (Lipinski definition) is 3. The molecule has 3 nitrogen and oxygen atoms in total. The molecule has 0 radical (unpaired) electrons. The van der Waals surface area contributed by atoms with E-state index in [-0.39, 0.29) is 29.6 Å². The summed E-state index contributed by atoms with van der Waals surface area (Å²) in [5, 5.41) is 16.1. The van der Waals surface area contributed by atoms with Gasteiger partial charge >= 0.3 is 29.6 Å². The SMILES string of the molecule is N#CC(=O)[O-].[Na+]. The Kier molecular flexibility index (Phi) is 7.73. The zero-order valence-electron chi connectivity index (χ0n) is 3.26. The fraction of sp³-hybridized carbons (Fsp3) is 0. The average molecular weight is 93.0 g/mol. The normalized spacial score (nSPS) is 4.50. The average Bonchev–Trinajstić information content (AvgIpc) is 1.38. The topological polar surface area (TPSA) is 63.9 Å². The molecule has 0 aromatic heterocycles. The Balaban J connectivity index is 0. The van der Waals surface area contributed by atoms with Gasteiger partial charge in [0.25, 0.3) is 0 Å². The number of nitrogens with zero attached hydrogens (tertiary/aromatic N) is 1. The van der Waals surface area contributed by atoms with Crippen molar-refractivity contribution in [3.05, 3.63) is 0 Å². The summed E-state index contributed by atoms with van der Waals surface area (Å²) in [5.41, 5.74) is 0. The first-order valence-electron chi connectivity index (χ1n) is 0.882. The van der Waals surface area contributed by atoms with Gasteiger partial charge in [-0.3, -0.25) is 0 Å². The number of carbonyl (C=O) groups excluding carboxylic acids is 1. The first-order chi connectivity index (χ1) is 2.27. The molecular weight excluding hydrogens is 93.0 g/mol. The van der Waals surface area contributed by atoms with E-state index in [0.29, 0.717) is 0 Å². The summed E-state index contributed by atoms with van der Waals surface area (Å²) in [7, 11) is 0. The van der Waals surface area contributed by atoms with Gasteiger partial charge in [-0.05, 0) is 0 Å². The van der Waals surface area contributed by atoms with E-state index in [1.54, 1.807) is 0 Å². The molecule has 0 fully saturated rings. The van der Waals surface area contributed by atoms with Gasteiger partial charge in [0.05, 0.1) is 0 Å². The summed E-state index contributed by atoms with van der Waals surface area (Å²) in [6.07, 6.45) is 0. The number of carboxylic acid groups (broad SMARTS) is 1. The molecule has 0 saturated carbocycles. The van der Waals surface area contributed by atoms with Gasteiger partial charge in [0.2, 0.25) is 0 Å². The molecule has 0 unspecified atom stereocenters. The maximum absolute atomic E-state index is 8.90. The maximum Gasteiger partial charge on any atom is 1.00 e. The summed E-state index contributed by atoms with van der Waals surface area (Å²) in [6, 6.07) is 0.833. The minimum absolute atomic E-state index is 0. The second-order valence-electron chi connectivity index (χ2n) is 0.399. The number of carboxylic acids is 1. The summed E-state index contributed by atoms with van der Waals surface area (Å²) in [4.78, 5) is 8.90. The molecule has 0 aromatic rings. The molecule has 26 valence electrons. The molecule has 0 heterocycles. The van der Waals surface area contributed by atoms with Crippen molar-refractivity contribution in [3.63, 3.8) is 0 Å². The summed E-state index contributed by atoms with van der Waals surface area (Å²) in [6.45, 7) is 0. The third kappa shape index (κ3) is 9.03. The molecule has 0 aliphatic rings. The molecule has 0 aromatic carbocycles. The first kappa shape index (κ1) is 9.35. The molecule has 0 spiro atoms. The number of carbonyl (C=O) groups is 1. The van der Waals surface area contributed by atoms with Crippen LogP contribution in [0.2, 0.25) is 0 Å². The number of hydrogen-bond donors (Lipinski definition) is 0. The van der Waals surface area contributed by atoms with E-state index in [0.717, 1.165) is 6.07 Å². The Labute approximate surface area is 56.9 Å². The van der Waals surface area contributed by atoms with Gasteiger partial charge in [0.1, 0.15) is 12.0 Å². The van der Waals surface area contributed by atoms with Gasteiger partial charge in [0, 0.05) is 0 Å². The van der Waals surface area contributed by atoms with Crippen LogP contribution in [0.25, 0.3) is 0 Å². The Morgan fingerprint density at radius 3 is 2.00 bits per heavy atom. The van der Waals surface area contributed by atoms with Crippen LogP contribution in [0, 0.1) is 11.3 Å². The Morgan fingerprint density at radius 1 is 1.83 bits per heavy atom. The third-order valence-corrected chi connectivity index (χ3v) is 0.0913. The smallest absolute Gasteiger partial charge is 0.535 e. The summed E-state index contributed by atoms with van der Waals surface area (Å²) < 4.78 is 0. The van der Waals surface area contributed by atoms with Gasteiger partial charge in [0.15, 0.2) is 0 Å². The van der Waals surface area contributed by atoms with Crippen LogP contribution in [0.5, 0.6) is 0 Å². The van der Waals surface area contributed by atoms with Gasteiger partial charge in [-0.1, -0.05) is 0 Å². The third-order valence-electron chi connectivity index (χ3n) is 0.0913. The molecule has 0 rings (SSSR count). The van der Waals surface area contributed by atoms with Crippen molar-refractivity contribution in [1.29, 1.82) is 5.26 Å². The van der Waals surface area contributed by atoms with E-state index < -0.39 is 5.97 Å². The van der Waals surface area contributed by atoms with E-state index in [9.17, 15) is 0 Å². The minimum Gasteiger partial charge on any atom is -0.535 e. The summed E-state index contributed by atoms with van der Waals surface area (Å²) in [5.74, 6) is -1.69. The van der Waals surface area contributed by atoms with Crippen LogP contribution in [0.4, 0.5) is 0 Å². The minimum atomic E-state index is -1.69. The van der Waals surface area contributed by atoms with E-state index in [1.165, 1.54) is 0 Å². The Morgan fingerprint density at radius 2 is 2.00 bits per heavy atom. The van der Waals surface area contributed by atoms with Gasteiger partial charge in [-0.25, -0.2) is 0 Å². The van der Waals surface area contributed by atoms with Crippen LogP contribution in [0.15, 0.2) is 0 Å². The largest absolute Gasteiger partial charge is 1.00 e. The quantitative estimate of drug-likeness (QED) is 0.223. The van der Waals surface area contributed by atoms with Crippen LogP contribution >= 0.6 is 0 Å². The van der Waals surface area contributed by atoms with Crippen molar-refractivity contribution in [2.45, 2.75) is 0 Å². The molecule has 0 saturated heterocycles. The van der Waals surface area contributed by atoms with E-state index >= 15 is 0 Å². The monoisotopic (exact) mass is 93.0 g/mol. The van der Waals surface area contributed by atoms with Crippen molar-refractivity contribution in [3.8, 4) is 6.07 Å². The van der Waals surface area contributed by atoms with E-state index in [2.05, 4.69) is 0 Å². The van der Waals surface area contributed by atoms with Crippen LogP contribution < -0.4 is 34.7 Å². The molecule has 0 N–H and O–H groups in total. The molecule has 0 aliphatic heterocycles. The van der Waals surface area contributed by atoms with Crippen LogP contribution in [-0.4, -0.2) is 5.97 Å². The van der Waals surface area contributed by atoms with E-state index in [1.807, 2.05) is 0 Å². The fourth-order valence-electron chi connectivity index (χ4n) is 0. The van der Waals surface area contributed by atoms with Crippen LogP contribution in [0.1, 0.15) is 0 Å². The van der Waals surface area contributed by atoms with Crippen molar-refractivity contribution in [1.82, 2.24) is 0 Å². The molecule has 4 heteroatoms. The van der Waals surface area contributed by atoms with Gasteiger partial charge < -0.3 is 9.90 Å². The number of rotatable bonds is 0. The second kappa shape index (κ2) is 4.96. The zero-order valence-corrected chi connectivity index (χ0v) is 5.26. The number of aliphatic carboxylic acids is 1. The molecule has 0 aliphatic carbocycles. The fourth-order valence-corrected chi connectivity index (χ4v) is 0. The van der Waals surface area contributed by atoms with Crippen molar-refractivity contribution < 1.29 is 39.5 Å². The first-order valence-corrected chi connectivity index (χ1v) is 0.882. The standard InChI is InChI=1S/C2HNO2.Na/c3-1-2(4)5;/h(H,4,5);/q;+1/p-1. The van der Waals surface area contributed by atoms with Crippen molar-refractivity contribution >= 4 is 5.97 Å². The molecule has 0 amide bonds. The van der Waals surface area contributed by atoms with E-state index in [4.69, 9.17) is 15.2 Å². The predicted molar refractivity (Wildman–Crippen MR) is 10.6 cm³/mol. The molecular formula is C2NNaO2. The zero-order chi connectivity index (χ0) is 4.28.